The van der Waals surface area contributed by atoms with E-state index in [4.69, 9.17) is 21.7 Å². The monoisotopic (exact) mass is 413 g/mol. The molecule has 2 N–H and O–H groups in total. The van der Waals surface area contributed by atoms with Crippen LogP contribution in [-0.2, 0) is 4.74 Å². The lowest BCUT2D eigenvalue weighted by atomic mass is 10.1. The van der Waals surface area contributed by atoms with E-state index in [-0.39, 0.29) is 16.9 Å². The molecule has 1 heterocycles. The SMILES string of the molecule is CCOc1ccc(C(=O)NC(=S)Nc2ccccc2C(=O)N2CCOCC2)cc1. The van der Waals surface area contributed by atoms with E-state index in [9.17, 15) is 9.59 Å². The number of carbonyl (C=O) groups excluding carboxylic acids is 2. The van der Waals surface area contributed by atoms with Crippen LogP contribution >= 0.6 is 12.2 Å². The van der Waals surface area contributed by atoms with Crippen molar-refractivity contribution in [1.82, 2.24) is 10.2 Å². The third kappa shape index (κ3) is 5.52. The van der Waals surface area contributed by atoms with Gasteiger partial charge in [0.05, 0.1) is 31.1 Å². The van der Waals surface area contributed by atoms with Crippen LogP contribution in [0.3, 0.4) is 0 Å². The lowest BCUT2D eigenvalue weighted by Crippen LogP contribution is -2.41. The highest BCUT2D eigenvalue weighted by atomic mass is 32.1. The first kappa shape index (κ1) is 20.8. The van der Waals surface area contributed by atoms with Gasteiger partial charge in [-0.1, -0.05) is 12.1 Å². The standard InChI is InChI=1S/C21H23N3O4S/c1-2-28-16-9-7-15(8-10-16)19(25)23-21(29)22-18-6-4-3-5-17(18)20(26)24-11-13-27-14-12-24/h3-10H,2,11-14H2,1H3,(H2,22,23,25,29). The Hall–Kier alpha value is -2.97. The molecular weight excluding hydrogens is 390 g/mol. The Balaban J connectivity index is 1.64. The first-order valence-corrected chi connectivity index (χ1v) is 9.80. The molecule has 0 unspecified atom stereocenters. The Kier molecular flexibility index (Phi) is 7.15. The summed E-state index contributed by atoms with van der Waals surface area (Å²) in [4.78, 5) is 27.0. The first-order valence-electron chi connectivity index (χ1n) is 9.39. The molecule has 0 spiro atoms. The van der Waals surface area contributed by atoms with Gasteiger partial charge in [-0.3, -0.25) is 14.9 Å². The van der Waals surface area contributed by atoms with Gasteiger partial charge < -0.3 is 19.7 Å². The Morgan fingerprint density at radius 3 is 2.48 bits per heavy atom. The highest BCUT2D eigenvalue weighted by Gasteiger charge is 2.21. The van der Waals surface area contributed by atoms with Crippen molar-refractivity contribution in [2.24, 2.45) is 0 Å². The molecule has 0 aliphatic carbocycles. The van der Waals surface area contributed by atoms with Gasteiger partial charge in [0.1, 0.15) is 5.75 Å². The van der Waals surface area contributed by atoms with Crippen molar-refractivity contribution >= 4 is 34.8 Å². The zero-order valence-electron chi connectivity index (χ0n) is 16.1. The quantitative estimate of drug-likeness (QED) is 0.734. The van der Waals surface area contributed by atoms with E-state index in [0.717, 1.165) is 0 Å². The van der Waals surface area contributed by atoms with Crippen molar-refractivity contribution in [2.45, 2.75) is 6.92 Å². The molecule has 1 fully saturated rings. The molecule has 7 nitrogen and oxygen atoms in total. The van der Waals surface area contributed by atoms with Crippen LogP contribution in [0.15, 0.2) is 48.5 Å². The van der Waals surface area contributed by atoms with Gasteiger partial charge in [-0.2, -0.15) is 0 Å². The van der Waals surface area contributed by atoms with Gasteiger partial charge in [0.2, 0.25) is 0 Å². The van der Waals surface area contributed by atoms with Gasteiger partial charge in [0.25, 0.3) is 11.8 Å². The number of amides is 2. The van der Waals surface area contributed by atoms with E-state index in [1.807, 2.05) is 6.92 Å². The van der Waals surface area contributed by atoms with Crippen molar-refractivity contribution in [1.29, 1.82) is 0 Å². The number of para-hydroxylation sites is 1. The summed E-state index contributed by atoms with van der Waals surface area (Å²) in [5.74, 6) is 0.250. The van der Waals surface area contributed by atoms with Gasteiger partial charge in [0, 0.05) is 18.7 Å². The number of nitrogens with one attached hydrogen (secondary N) is 2. The molecule has 2 amide bonds. The van der Waals surface area contributed by atoms with Gasteiger partial charge in [-0.25, -0.2) is 0 Å². The number of rotatable bonds is 5. The van der Waals surface area contributed by atoms with E-state index in [0.29, 0.717) is 55.5 Å². The van der Waals surface area contributed by atoms with E-state index in [2.05, 4.69) is 10.6 Å². The Bertz CT molecular complexity index is 880. The van der Waals surface area contributed by atoms with Crippen LogP contribution in [0, 0.1) is 0 Å². The number of benzene rings is 2. The van der Waals surface area contributed by atoms with Crippen molar-refractivity contribution < 1.29 is 19.1 Å². The molecule has 0 radical (unpaired) electrons. The average molecular weight is 413 g/mol. The Labute approximate surface area is 175 Å². The number of hydrogen-bond donors (Lipinski definition) is 2. The molecule has 1 aliphatic heterocycles. The minimum absolute atomic E-state index is 0.1000. The molecule has 0 saturated carbocycles. The first-order chi connectivity index (χ1) is 14.1. The fraction of sp³-hybridized carbons (Fsp3) is 0.286. The average Bonchev–Trinajstić information content (AvgIpc) is 2.75. The number of ether oxygens (including phenoxy) is 2. The molecule has 0 bridgehead atoms. The van der Waals surface area contributed by atoms with E-state index < -0.39 is 0 Å². The molecule has 2 aromatic rings. The van der Waals surface area contributed by atoms with Crippen LogP contribution in [0.4, 0.5) is 5.69 Å². The summed E-state index contributed by atoms with van der Waals surface area (Å²) < 4.78 is 10.7. The van der Waals surface area contributed by atoms with Crippen LogP contribution in [0.5, 0.6) is 5.75 Å². The van der Waals surface area contributed by atoms with Gasteiger partial charge >= 0.3 is 0 Å². The summed E-state index contributed by atoms with van der Waals surface area (Å²) in [6.07, 6.45) is 0. The predicted molar refractivity (Wildman–Crippen MR) is 114 cm³/mol. The number of morpholine rings is 1. The molecule has 29 heavy (non-hydrogen) atoms. The van der Waals surface area contributed by atoms with Crippen LogP contribution in [-0.4, -0.2) is 54.7 Å². The van der Waals surface area contributed by atoms with Crippen LogP contribution in [0.2, 0.25) is 0 Å². The third-order valence-corrected chi connectivity index (χ3v) is 4.56. The lowest BCUT2D eigenvalue weighted by Gasteiger charge is -2.27. The molecule has 8 heteroatoms. The number of nitrogens with zero attached hydrogens (tertiary/aromatic N) is 1. The Morgan fingerprint density at radius 1 is 1.10 bits per heavy atom. The highest BCUT2D eigenvalue weighted by molar-refractivity contribution is 7.80. The molecule has 3 rings (SSSR count). The zero-order chi connectivity index (χ0) is 20.6. The van der Waals surface area contributed by atoms with E-state index in [1.165, 1.54) is 0 Å². The largest absolute Gasteiger partial charge is 0.494 e. The fourth-order valence-electron chi connectivity index (χ4n) is 2.91. The maximum Gasteiger partial charge on any atom is 0.257 e. The van der Waals surface area contributed by atoms with Crippen LogP contribution in [0.25, 0.3) is 0 Å². The molecule has 1 aliphatic rings. The third-order valence-electron chi connectivity index (χ3n) is 4.36. The van der Waals surface area contributed by atoms with Crippen molar-refractivity contribution in [3.8, 4) is 5.75 Å². The number of carbonyl (C=O) groups is 2. The summed E-state index contributed by atoms with van der Waals surface area (Å²) in [5, 5.41) is 5.71. The summed E-state index contributed by atoms with van der Waals surface area (Å²) in [7, 11) is 0. The topological polar surface area (TPSA) is 79.9 Å². The van der Waals surface area contributed by atoms with E-state index >= 15 is 0 Å². The second-order valence-corrected chi connectivity index (χ2v) is 6.72. The number of anilines is 1. The molecule has 152 valence electrons. The summed E-state index contributed by atoms with van der Waals surface area (Å²) >= 11 is 5.27. The summed E-state index contributed by atoms with van der Waals surface area (Å²) in [5.41, 5.74) is 1.49. The summed E-state index contributed by atoms with van der Waals surface area (Å²) in [6.45, 7) is 4.60. The van der Waals surface area contributed by atoms with Crippen molar-refractivity contribution in [3.63, 3.8) is 0 Å². The minimum atomic E-state index is -0.345. The second kappa shape index (κ2) is 9.99. The predicted octanol–water partition coefficient (Wildman–Crippen LogP) is 2.68. The zero-order valence-corrected chi connectivity index (χ0v) is 17.0. The second-order valence-electron chi connectivity index (χ2n) is 6.32. The highest BCUT2D eigenvalue weighted by Crippen LogP contribution is 2.18. The fourth-order valence-corrected chi connectivity index (χ4v) is 3.12. The summed E-state index contributed by atoms with van der Waals surface area (Å²) in [6, 6.07) is 13.9. The van der Waals surface area contributed by atoms with Crippen LogP contribution < -0.4 is 15.4 Å². The molecule has 0 atom stereocenters. The molecule has 0 aromatic heterocycles. The van der Waals surface area contributed by atoms with Crippen molar-refractivity contribution in [3.05, 3.63) is 59.7 Å². The van der Waals surface area contributed by atoms with Crippen LogP contribution in [0.1, 0.15) is 27.6 Å². The number of hydrogen-bond acceptors (Lipinski definition) is 5. The maximum atomic E-state index is 12.8. The lowest BCUT2D eigenvalue weighted by molar-refractivity contribution is 0.0303. The van der Waals surface area contributed by atoms with Gasteiger partial charge in [-0.15, -0.1) is 0 Å². The Morgan fingerprint density at radius 2 is 1.79 bits per heavy atom. The maximum absolute atomic E-state index is 12.8. The smallest absolute Gasteiger partial charge is 0.257 e. The number of thiocarbonyl (C=S) groups is 1. The van der Waals surface area contributed by atoms with E-state index in [1.54, 1.807) is 53.4 Å². The van der Waals surface area contributed by atoms with Gasteiger partial charge in [0.15, 0.2) is 5.11 Å². The molecule has 2 aromatic carbocycles. The molecular formula is C21H23N3O4S. The van der Waals surface area contributed by atoms with Crippen molar-refractivity contribution in [2.75, 3.05) is 38.2 Å². The van der Waals surface area contributed by atoms with Gasteiger partial charge in [-0.05, 0) is 55.5 Å². The normalized spacial score (nSPS) is 13.5. The molecule has 1 saturated heterocycles. The minimum Gasteiger partial charge on any atom is -0.494 e.